The Morgan fingerprint density at radius 3 is 1.39 bits per heavy atom. The van der Waals surface area contributed by atoms with Crippen molar-refractivity contribution >= 4 is 13.8 Å². The van der Waals surface area contributed by atoms with Crippen molar-refractivity contribution in [2.24, 2.45) is 0 Å². The van der Waals surface area contributed by atoms with Crippen LogP contribution < -0.4 is 0 Å². The molecule has 6 unspecified atom stereocenters. The van der Waals surface area contributed by atoms with Crippen LogP contribution in [0.25, 0.3) is 0 Å². The topological polar surface area (TPSA) is 192 Å². The molecular formula is C44H85O12P. The largest absolute Gasteiger partial charge is 0.472 e. The Labute approximate surface area is 346 Å². The third-order valence-corrected chi connectivity index (χ3v) is 11.9. The number of unbranched alkanes of at least 4 members (excludes halogenated alkanes) is 25. The van der Waals surface area contributed by atoms with E-state index in [1.54, 1.807) is 0 Å². The van der Waals surface area contributed by atoms with Crippen molar-refractivity contribution in [2.45, 2.75) is 243 Å². The van der Waals surface area contributed by atoms with Crippen molar-refractivity contribution in [3.8, 4) is 0 Å². The van der Waals surface area contributed by atoms with E-state index < -0.39 is 63.1 Å². The SMILES string of the molecule is CCCCCCCC/C=C\CCCCCCCCCCCCOCC(COP(=O)(O)OC1C(O)C(O)C(O)C(O)C1O)OC(=O)CCCCCCCCCCCC. The lowest BCUT2D eigenvalue weighted by atomic mass is 9.85. The van der Waals surface area contributed by atoms with Crippen LogP contribution in [0.1, 0.15) is 200 Å². The standard InChI is InChI=1S/C44H85O12P/c1-3-5-7-9-11-13-15-16-17-18-19-20-21-22-23-24-26-28-30-32-34-53-35-37(55-38(45)33-31-29-27-25-14-12-10-8-6-4-2)36-54-57(51,52)56-44-42(49)40(47)39(46)41(48)43(44)50/h16-17,37,39-44,46-50H,3-15,18-36H2,1-2H3,(H,51,52)/b17-16-. The Balaban J connectivity index is 2.33. The molecular weight excluding hydrogens is 751 g/mol. The number of carbonyl (C=O) groups is 1. The van der Waals surface area contributed by atoms with Gasteiger partial charge >= 0.3 is 13.8 Å². The van der Waals surface area contributed by atoms with Crippen LogP contribution in [0.4, 0.5) is 0 Å². The highest BCUT2D eigenvalue weighted by atomic mass is 31.2. The quantitative estimate of drug-likeness (QED) is 0.0149. The fourth-order valence-electron chi connectivity index (χ4n) is 7.17. The smallest absolute Gasteiger partial charge is 0.457 e. The summed E-state index contributed by atoms with van der Waals surface area (Å²) in [4.78, 5) is 23.1. The average Bonchev–Trinajstić information content (AvgIpc) is 3.19. The van der Waals surface area contributed by atoms with Crippen LogP contribution >= 0.6 is 7.82 Å². The second-order valence-electron chi connectivity index (χ2n) is 16.3. The molecule has 1 aliphatic rings. The molecule has 1 saturated carbocycles. The summed E-state index contributed by atoms with van der Waals surface area (Å²) in [5.41, 5.74) is 0. The predicted molar refractivity (Wildman–Crippen MR) is 226 cm³/mol. The van der Waals surface area contributed by atoms with E-state index in [0.29, 0.717) is 13.0 Å². The molecule has 0 aliphatic heterocycles. The Kier molecular flexibility index (Phi) is 34.0. The van der Waals surface area contributed by atoms with Gasteiger partial charge in [0.15, 0.2) is 0 Å². The van der Waals surface area contributed by atoms with Gasteiger partial charge in [-0.05, 0) is 38.5 Å². The monoisotopic (exact) mass is 837 g/mol. The van der Waals surface area contributed by atoms with Crippen molar-refractivity contribution in [3.63, 3.8) is 0 Å². The van der Waals surface area contributed by atoms with Crippen molar-refractivity contribution in [1.29, 1.82) is 0 Å². The number of esters is 1. The fourth-order valence-corrected chi connectivity index (χ4v) is 8.15. The summed E-state index contributed by atoms with van der Waals surface area (Å²) in [7, 11) is -5.01. The van der Waals surface area contributed by atoms with Crippen molar-refractivity contribution in [2.75, 3.05) is 19.8 Å². The molecule has 57 heavy (non-hydrogen) atoms. The minimum atomic E-state index is -5.01. The molecule has 338 valence electrons. The first kappa shape index (κ1) is 54.1. The summed E-state index contributed by atoms with van der Waals surface area (Å²) in [5, 5.41) is 50.1. The summed E-state index contributed by atoms with van der Waals surface area (Å²) < 4.78 is 34.1. The second kappa shape index (κ2) is 35.8. The summed E-state index contributed by atoms with van der Waals surface area (Å²) in [6, 6.07) is 0. The third-order valence-electron chi connectivity index (χ3n) is 10.9. The molecule has 0 radical (unpaired) electrons. The number of aliphatic hydroxyl groups excluding tert-OH is 5. The zero-order valence-electron chi connectivity index (χ0n) is 35.9. The van der Waals surface area contributed by atoms with Crippen molar-refractivity contribution in [1.82, 2.24) is 0 Å². The molecule has 0 saturated heterocycles. The number of hydrogen-bond acceptors (Lipinski definition) is 11. The number of carbonyl (C=O) groups excluding carboxylic acids is 1. The van der Waals surface area contributed by atoms with Gasteiger partial charge in [-0.15, -0.1) is 0 Å². The van der Waals surface area contributed by atoms with Gasteiger partial charge in [0.1, 0.15) is 42.7 Å². The van der Waals surface area contributed by atoms with Gasteiger partial charge in [0.05, 0.1) is 13.2 Å². The Morgan fingerprint density at radius 2 is 0.930 bits per heavy atom. The van der Waals surface area contributed by atoms with Gasteiger partial charge in [0.25, 0.3) is 0 Å². The fraction of sp³-hybridized carbons (Fsp3) is 0.932. The van der Waals surface area contributed by atoms with E-state index in [0.717, 1.165) is 38.5 Å². The van der Waals surface area contributed by atoms with Gasteiger partial charge in [-0.3, -0.25) is 13.8 Å². The van der Waals surface area contributed by atoms with Gasteiger partial charge < -0.3 is 39.9 Å². The number of hydrogen-bond donors (Lipinski definition) is 6. The summed E-state index contributed by atoms with van der Waals surface area (Å²) >= 11 is 0. The van der Waals surface area contributed by atoms with E-state index in [4.69, 9.17) is 18.5 Å². The molecule has 0 bridgehead atoms. The number of rotatable bonds is 39. The highest BCUT2D eigenvalue weighted by Crippen LogP contribution is 2.47. The maximum Gasteiger partial charge on any atom is 0.472 e. The molecule has 0 aromatic heterocycles. The van der Waals surface area contributed by atoms with E-state index in [9.17, 15) is 39.8 Å². The number of ether oxygens (including phenoxy) is 2. The summed E-state index contributed by atoms with van der Waals surface area (Å²) in [6.45, 7) is 4.25. The van der Waals surface area contributed by atoms with Crippen LogP contribution in [-0.2, 0) is 27.9 Å². The number of phosphoric acid groups is 1. The maximum absolute atomic E-state index is 12.8. The minimum Gasteiger partial charge on any atom is -0.457 e. The number of phosphoric ester groups is 1. The molecule has 0 amide bonds. The molecule has 0 aromatic carbocycles. The zero-order valence-corrected chi connectivity index (χ0v) is 36.8. The van der Waals surface area contributed by atoms with Crippen LogP contribution in [0.2, 0.25) is 0 Å². The maximum atomic E-state index is 12.8. The third kappa shape index (κ3) is 28.3. The molecule has 0 heterocycles. The Bertz CT molecular complexity index is 1000. The molecule has 1 aliphatic carbocycles. The average molecular weight is 837 g/mol. The minimum absolute atomic E-state index is 0.0724. The first-order valence-electron chi connectivity index (χ1n) is 23.0. The van der Waals surface area contributed by atoms with Crippen LogP contribution in [0.3, 0.4) is 0 Å². The molecule has 6 atom stereocenters. The van der Waals surface area contributed by atoms with E-state index in [1.807, 2.05) is 0 Å². The van der Waals surface area contributed by atoms with Crippen LogP contribution in [0, 0.1) is 0 Å². The van der Waals surface area contributed by atoms with Gasteiger partial charge in [0.2, 0.25) is 0 Å². The lowest BCUT2D eigenvalue weighted by Crippen LogP contribution is -2.64. The number of aliphatic hydroxyl groups is 5. The first-order valence-corrected chi connectivity index (χ1v) is 24.5. The van der Waals surface area contributed by atoms with Gasteiger partial charge in [-0.2, -0.15) is 0 Å². The van der Waals surface area contributed by atoms with E-state index in [-0.39, 0.29) is 13.0 Å². The van der Waals surface area contributed by atoms with E-state index in [1.165, 1.54) is 135 Å². The second-order valence-corrected chi connectivity index (χ2v) is 17.7. The van der Waals surface area contributed by atoms with Crippen molar-refractivity contribution in [3.05, 3.63) is 12.2 Å². The van der Waals surface area contributed by atoms with Gasteiger partial charge in [-0.25, -0.2) is 4.57 Å². The zero-order chi connectivity index (χ0) is 42.0. The molecule has 1 fully saturated rings. The molecule has 13 heteroatoms. The molecule has 0 spiro atoms. The van der Waals surface area contributed by atoms with E-state index >= 15 is 0 Å². The number of allylic oxidation sites excluding steroid dienone is 2. The van der Waals surface area contributed by atoms with Crippen LogP contribution in [0.15, 0.2) is 12.2 Å². The predicted octanol–water partition coefficient (Wildman–Crippen LogP) is 9.14. The Hall–Kier alpha value is -0.920. The Morgan fingerprint density at radius 1 is 0.544 bits per heavy atom. The highest BCUT2D eigenvalue weighted by Gasteiger charge is 2.51. The van der Waals surface area contributed by atoms with E-state index in [2.05, 4.69) is 26.0 Å². The van der Waals surface area contributed by atoms with Gasteiger partial charge in [0, 0.05) is 13.0 Å². The summed E-state index contributed by atoms with van der Waals surface area (Å²) in [5.74, 6) is -0.477. The lowest BCUT2D eigenvalue weighted by Gasteiger charge is -2.41. The molecule has 1 rings (SSSR count). The molecule has 6 N–H and O–H groups in total. The van der Waals surface area contributed by atoms with Crippen LogP contribution in [-0.4, -0.2) is 98.9 Å². The highest BCUT2D eigenvalue weighted by molar-refractivity contribution is 7.47. The summed E-state index contributed by atoms with van der Waals surface area (Å²) in [6.07, 6.45) is 25.8. The first-order chi connectivity index (χ1) is 27.5. The van der Waals surface area contributed by atoms with Gasteiger partial charge in [-0.1, -0.05) is 167 Å². The molecule has 0 aromatic rings. The van der Waals surface area contributed by atoms with Crippen LogP contribution in [0.5, 0.6) is 0 Å². The van der Waals surface area contributed by atoms with Crippen molar-refractivity contribution < 1.29 is 58.3 Å². The molecule has 12 nitrogen and oxygen atoms in total. The normalized spacial score (nSPS) is 22.9. The lowest BCUT2D eigenvalue weighted by molar-refractivity contribution is -0.220.